The minimum Gasteiger partial charge on any atom is -0.507 e. The number of aromatic hydroxyl groups is 1. The van der Waals surface area contributed by atoms with E-state index < -0.39 is 17.7 Å². The lowest BCUT2D eigenvalue weighted by Crippen LogP contribution is -2.29. The molecule has 0 radical (unpaired) electrons. The highest BCUT2D eigenvalue weighted by molar-refractivity contribution is 6.51. The summed E-state index contributed by atoms with van der Waals surface area (Å²) < 4.78 is 10.7. The quantitative estimate of drug-likeness (QED) is 0.323. The molecule has 0 aliphatic carbocycles. The van der Waals surface area contributed by atoms with E-state index in [2.05, 4.69) is 0 Å². The first kappa shape index (κ1) is 21.9. The van der Waals surface area contributed by atoms with Gasteiger partial charge in [0.1, 0.15) is 11.5 Å². The van der Waals surface area contributed by atoms with E-state index in [0.717, 1.165) is 11.3 Å². The maximum Gasteiger partial charge on any atom is 0.300 e. The zero-order valence-corrected chi connectivity index (χ0v) is 18.9. The van der Waals surface area contributed by atoms with Crippen molar-refractivity contribution in [2.24, 2.45) is 0 Å². The number of aliphatic hydroxyl groups excluding tert-OH is 1. The molecule has 1 amide bonds. The first-order chi connectivity index (χ1) is 16.4. The van der Waals surface area contributed by atoms with Crippen LogP contribution in [-0.4, -0.2) is 35.6 Å². The summed E-state index contributed by atoms with van der Waals surface area (Å²) in [6.07, 6.45) is 0.684. The predicted octanol–water partition coefficient (Wildman–Crippen LogP) is 4.62. The Morgan fingerprint density at radius 2 is 1.94 bits per heavy atom. The highest BCUT2D eigenvalue weighted by Crippen LogP contribution is 2.44. The summed E-state index contributed by atoms with van der Waals surface area (Å²) in [6.45, 7) is 0.545. The third-order valence-electron chi connectivity index (χ3n) is 6.01. The molecule has 2 N–H and O–H groups in total. The molecular weight excluding hydrogens is 458 g/mol. The van der Waals surface area contributed by atoms with E-state index in [1.54, 1.807) is 48.5 Å². The molecule has 5 rings (SSSR count). The molecule has 1 fully saturated rings. The summed E-state index contributed by atoms with van der Waals surface area (Å²) in [5, 5.41) is 22.1. The normalized spacial score (nSPS) is 18.6. The zero-order chi connectivity index (χ0) is 24.0. The van der Waals surface area contributed by atoms with Crippen LogP contribution < -0.4 is 14.4 Å². The SMILES string of the molecule is COc1ccc(C2/C(=C(/O)c3ccc4c(c3)CCO4)C(=O)C(=O)N2c2cccc(Cl)c2)cc1O. The first-order valence-electron chi connectivity index (χ1n) is 10.6. The molecule has 7 nitrogen and oxygen atoms in total. The van der Waals surface area contributed by atoms with Crippen molar-refractivity contribution in [3.05, 3.63) is 87.9 Å². The second kappa shape index (κ2) is 8.43. The number of benzene rings is 3. The third kappa shape index (κ3) is 3.54. The van der Waals surface area contributed by atoms with Gasteiger partial charge in [-0.25, -0.2) is 0 Å². The number of phenolic OH excluding ortho intramolecular Hbond substituents is 1. The number of hydrogen-bond acceptors (Lipinski definition) is 6. The Balaban J connectivity index is 1.72. The molecule has 2 aliphatic rings. The van der Waals surface area contributed by atoms with Crippen molar-refractivity contribution in [2.75, 3.05) is 18.6 Å². The van der Waals surface area contributed by atoms with Crippen molar-refractivity contribution in [3.63, 3.8) is 0 Å². The van der Waals surface area contributed by atoms with E-state index in [1.807, 2.05) is 0 Å². The number of carbonyl (C=O) groups excluding carboxylic acids is 2. The Bertz CT molecular complexity index is 1370. The van der Waals surface area contributed by atoms with E-state index in [4.69, 9.17) is 21.1 Å². The Morgan fingerprint density at radius 3 is 2.68 bits per heavy atom. The zero-order valence-electron chi connectivity index (χ0n) is 18.1. The summed E-state index contributed by atoms with van der Waals surface area (Å²) in [5.74, 6) is -1.15. The number of anilines is 1. The van der Waals surface area contributed by atoms with Crippen molar-refractivity contribution in [1.29, 1.82) is 0 Å². The number of hydrogen-bond donors (Lipinski definition) is 2. The van der Waals surface area contributed by atoms with E-state index in [0.29, 0.717) is 34.9 Å². The standard InChI is InChI=1S/C26H20ClNO6/c1-33-21-8-5-15(12-19(21)29)23-22(24(30)16-6-7-20-14(11-16)9-10-34-20)25(31)26(32)28(23)18-4-2-3-17(27)13-18/h2-8,11-13,23,29-30H,9-10H2,1H3/b24-22-. The number of ketones is 1. The third-order valence-corrected chi connectivity index (χ3v) is 6.25. The van der Waals surface area contributed by atoms with Gasteiger partial charge in [0.25, 0.3) is 11.7 Å². The number of methoxy groups -OCH3 is 1. The van der Waals surface area contributed by atoms with E-state index >= 15 is 0 Å². The second-order valence-electron chi connectivity index (χ2n) is 8.00. The van der Waals surface area contributed by atoms with Crippen LogP contribution in [0.4, 0.5) is 5.69 Å². The largest absolute Gasteiger partial charge is 0.507 e. The molecule has 1 atom stereocenters. The summed E-state index contributed by atoms with van der Waals surface area (Å²) in [7, 11) is 1.42. The van der Waals surface area contributed by atoms with Gasteiger partial charge >= 0.3 is 0 Å². The number of Topliss-reactive ketones (excluding diaryl/α,β-unsaturated/α-hetero) is 1. The molecule has 0 saturated carbocycles. The average molecular weight is 478 g/mol. The van der Waals surface area contributed by atoms with Crippen LogP contribution in [0.5, 0.6) is 17.2 Å². The van der Waals surface area contributed by atoms with Gasteiger partial charge in [-0.05, 0) is 59.7 Å². The topological polar surface area (TPSA) is 96.3 Å². The predicted molar refractivity (Wildman–Crippen MR) is 127 cm³/mol. The lowest BCUT2D eigenvalue weighted by Gasteiger charge is -2.26. The van der Waals surface area contributed by atoms with Crippen molar-refractivity contribution in [1.82, 2.24) is 0 Å². The summed E-state index contributed by atoms with van der Waals surface area (Å²) in [5.41, 5.74) is 2.02. The van der Waals surface area contributed by atoms with Crippen LogP contribution >= 0.6 is 11.6 Å². The van der Waals surface area contributed by atoms with Crippen LogP contribution in [-0.2, 0) is 16.0 Å². The lowest BCUT2D eigenvalue weighted by molar-refractivity contribution is -0.132. The fraction of sp³-hybridized carbons (Fsp3) is 0.154. The molecule has 0 aromatic heterocycles. The van der Waals surface area contributed by atoms with Crippen LogP contribution in [0.1, 0.15) is 22.7 Å². The highest BCUT2D eigenvalue weighted by atomic mass is 35.5. The number of nitrogens with zero attached hydrogens (tertiary/aromatic N) is 1. The van der Waals surface area contributed by atoms with Gasteiger partial charge < -0.3 is 19.7 Å². The van der Waals surface area contributed by atoms with Crippen molar-refractivity contribution >= 4 is 34.7 Å². The molecule has 1 saturated heterocycles. The van der Waals surface area contributed by atoms with Gasteiger partial charge in [0.05, 0.1) is 25.3 Å². The van der Waals surface area contributed by atoms with Crippen LogP contribution in [0.15, 0.2) is 66.2 Å². The molecule has 3 aromatic rings. The van der Waals surface area contributed by atoms with Crippen molar-refractivity contribution < 1.29 is 29.3 Å². The first-order valence-corrected chi connectivity index (χ1v) is 11.0. The van der Waals surface area contributed by atoms with Gasteiger partial charge in [-0.1, -0.05) is 23.7 Å². The Hall–Kier alpha value is -3.97. The van der Waals surface area contributed by atoms with E-state index in [1.165, 1.54) is 24.1 Å². The number of aliphatic hydroxyl groups is 1. The number of fused-ring (bicyclic) bond motifs is 1. The van der Waals surface area contributed by atoms with E-state index in [-0.39, 0.29) is 22.8 Å². The number of amides is 1. The molecule has 2 heterocycles. The van der Waals surface area contributed by atoms with Gasteiger partial charge in [0.15, 0.2) is 11.5 Å². The monoisotopic (exact) mass is 477 g/mol. The molecule has 2 aliphatic heterocycles. The maximum absolute atomic E-state index is 13.3. The Kier molecular flexibility index (Phi) is 5.42. The van der Waals surface area contributed by atoms with Gasteiger partial charge in [0.2, 0.25) is 0 Å². The Morgan fingerprint density at radius 1 is 1.12 bits per heavy atom. The highest BCUT2D eigenvalue weighted by Gasteiger charge is 2.47. The summed E-state index contributed by atoms with van der Waals surface area (Å²) in [4.78, 5) is 27.8. The van der Waals surface area contributed by atoms with Gasteiger partial charge in [-0.3, -0.25) is 14.5 Å². The van der Waals surface area contributed by atoms with Gasteiger partial charge in [0, 0.05) is 22.7 Å². The molecule has 8 heteroatoms. The smallest absolute Gasteiger partial charge is 0.300 e. The van der Waals surface area contributed by atoms with Gasteiger partial charge in [-0.2, -0.15) is 0 Å². The number of phenols is 1. The fourth-order valence-corrected chi connectivity index (χ4v) is 4.59. The Labute approximate surface area is 200 Å². The minimum atomic E-state index is -1.00. The molecule has 172 valence electrons. The number of halogens is 1. The van der Waals surface area contributed by atoms with Crippen LogP contribution in [0.2, 0.25) is 5.02 Å². The maximum atomic E-state index is 13.3. The van der Waals surface area contributed by atoms with Crippen LogP contribution in [0.3, 0.4) is 0 Å². The summed E-state index contributed by atoms with van der Waals surface area (Å²) in [6, 6.07) is 15.3. The minimum absolute atomic E-state index is 0.0894. The lowest BCUT2D eigenvalue weighted by atomic mass is 9.94. The molecule has 1 unspecified atom stereocenters. The average Bonchev–Trinajstić information content (AvgIpc) is 3.40. The molecule has 0 spiro atoms. The molecule has 34 heavy (non-hydrogen) atoms. The number of ether oxygens (including phenoxy) is 2. The number of carbonyl (C=O) groups is 2. The fourth-order valence-electron chi connectivity index (χ4n) is 4.41. The molecule has 0 bridgehead atoms. The van der Waals surface area contributed by atoms with Crippen LogP contribution in [0, 0.1) is 0 Å². The van der Waals surface area contributed by atoms with Crippen molar-refractivity contribution in [3.8, 4) is 17.2 Å². The second-order valence-corrected chi connectivity index (χ2v) is 8.44. The number of rotatable bonds is 4. The van der Waals surface area contributed by atoms with Crippen LogP contribution in [0.25, 0.3) is 5.76 Å². The van der Waals surface area contributed by atoms with Gasteiger partial charge in [-0.15, -0.1) is 0 Å². The van der Waals surface area contributed by atoms with Crippen molar-refractivity contribution in [2.45, 2.75) is 12.5 Å². The summed E-state index contributed by atoms with van der Waals surface area (Å²) >= 11 is 6.16. The molecular formula is C26H20ClNO6. The molecule has 3 aromatic carbocycles. The van der Waals surface area contributed by atoms with E-state index in [9.17, 15) is 19.8 Å².